The molecule has 0 aliphatic rings. The molecule has 2 rings (SSSR count). The van der Waals surface area contributed by atoms with Gasteiger partial charge in [-0.15, -0.1) is 0 Å². The third-order valence-corrected chi connectivity index (χ3v) is 10.1. The largest absolute Gasteiger partial charge is 0.255 e. The van der Waals surface area contributed by atoms with Gasteiger partial charge in [-0.1, -0.05) is 175 Å². The predicted molar refractivity (Wildman–Crippen MR) is 213 cm³/mol. The number of hydrogen-bond donors (Lipinski definition) is 0. The average Bonchev–Trinajstić information content (AvgIpc) is 3.10. The summed E-state index contributed by atoms with van der Waals surface area (Å²) in [5.74, 6) is 0. The van der Waals surface area contributed by atoms with E-state index in [1.807, 2.05) is 6.21 Å². The van der Waals surface area contributed by atoms with Crippen LogP contribution < -0.4 is 0 Å². The quantitative estimate of drug-likeness (QED) is 0.0623. The Morgan fingerprint density at radius 3 is 1.19 bits per heavy atom. The van der Waals surface area contributed by atoms with Crippen molar-refractivity contribution < 1.29 is 0 Å². The van der Waals surface area contributed by atoms with Crippen molar-refractivity contribution in [1.82, 2.24) is 0 Å². The summed E-state index contributed by atoms with van der Waals surface area (Å²) in [5.41, 5.74) is 8.92. The average molecular weight is 643 g/mol. The van der Waals surface area contributed by atoms with Crippen LogP contribution in [0.15, 0.2) is 46.4 Å². The molecule has 47 heavy (non-hydrogen) atoms. The zero-order chi connectivity index (χ0) is 33.8. The van der Waals surface area contributed by atoms with E-state index in [0.29, 0.717) is 0 Å². The summed E-state index contributed by atoms with van der Waals surface area (Å²) in [7, 11) is 0. The number of benzene rings is 2. The van der Waals surface area contributed by atoms with E-state index in [4.69, 9.17) is 9.98 Å². The molecule has 264 valence electrons. The highest BCUT2D eigenvalue weighted by Gasteiger charge is 2.05. The number of hydrogen-bond acceptors (Lipinski definition) is 2. The fourth-order valence-electron chi connectivity index (χ4n) is 6.92. The van der Waals surface area contributed by atoms with Gasteiger partial charge in [0.15, 0.2) is 0 Å². The fraction of sp³-hybridized carbons (Fsp3) is 0.689. The molecule has 0 bridgehead atoms. The summed E-state index contributed by atoms with van der Waals surface area (Å²) in [6.07, 6.45) is 37.0. The standard InChI is InChI=1S/C45H74N2/c1-6-11-12-13-14-15-16-17-18-19-20-21-22-23-24-25-26-27-28-29-30-31-45(47-44-35-33-40(8-3)42(10-5)37-44)38-46-43-34-32-39(7-2)41(9-4)36-43/h32-38H,6-31H2,1-5H3. The summed E-state index contributed by atoms with van der Waals surface area (Å²) in [5, 5.41) is 0. The molecule has 0 saturated carbocycles. The Morgan fingerprint density at radius 1 is 0.426 bits per heavy atom. The van der Waals surface area contributed by atoms with Gasteiger partial charge in [0, 0.05) is 6.21 Å². The van der Waals surface area contributed by atoms with Crippen molar-refractivity contribution >= 4 is 23.3 Å². The molecule has 0 aromatic heterocycles. The second kappa shape index (κ2) is 27.7. The molecular weight excluding hydrogens is 569 g/mol. The van der Waals surface area contributed by atoms with E-state index < -0.39 is 0 Å². The smallest absolute Gasteiger partial charge is 0.0636 e. The van der Waals surface area contributed by atoms with Gasteiger partial charge in [0.25, 0.3) is 0 Å². The molecular formula is C45H74N2. The Hall–Kier alpha value is -2.22. The van der Waals surface area contributed by atoms with Crippen molar-refractivity contribution in [3.63, 3.8) is 0 Å². The second-order valence-electron chi connectivity index (χ2n) is 14.0. The first-order chi connectivity index (χ1) is 23.1. The Bertz CT molecular complexity index is 1110. The zero-order valence-electron chi connectivity index (χ0n) is 31.8. The second-order valence-corrected chi connectivity index (χ2v) is 14.0. The summed E-state index contributed by atoms with van der Waals surface area (Å²) < 4.78 is 0. The van der Waals surface area contributed by atoms with Gasteiger partial charge in [-0.3, -0.25) is 9.98 Å². The topological polar surface area (TPSA) is 24.7 Å². The van der Waals surface area contributed by atoms with Crippen molar-refractivity contribution in [1.29, 1.82) is 0 Å². The number of aryl methyl sites for hydroxylation is 4. The highest BCUT2D eigenvalue weighted by molar-refractivity contribution is 6.31. The van der Waals surface area contributed by atoms with E-state index in [1.165, 1.54) is 157 Å². The van der Waals surface area contributed by atoms with Crippen molar-refractivity contribution in [3.05, 3.63) is 58.7 Å². The molecule has 0 atom stereocenters. The molecule has 2 heteroatoms. The third-order valence-electron chi connectivity index (χ3n) is 10.1. The van der Waals surface area contributed by atoms with Gasteiger partial charge < -0.3 is 0 Å². The monoisotopic (exact) mass is 643 g/mol. The van der Waals surface area contributed by atoms with E-state index in [-0.39, 0.29) is 0 Å². The first-order valence-electron chi connectivity index (χ1n) is 20.5. The van der Waals surface area contributed by atoms with Crippen LogP contribution in [0.25, 0.3) is 0 Å². The lowest BCUT2D eigenvalue weighted by atomic mass is 10.0. The van der Waals surface area contributed by atoms with Crippen LogP contribution in [0.5, 0.6) is 0 Å². The molecule has 0 N–H and O–H groups in total. The van der Waals surface area contributed by atoms with E-state index >= 15 is 0 Å². The summed E-state index contributed by atoms with van der Waals surface area (Å²) in [6, 6.07) is 13.4. The molecule has 0 amide bonds. The normalized spacial score (nSPS) is 12.1. The van der Waals surface area contributed by atoms with Gasteiger partial charge in [0.05, 0.1) is 17.1 Å². The van der Waals surface area contributed by atoms with Crippen LogP contribution in [-0.4, -0.2) is 11.9 Å². The predicted octanol–water partition coefficient (Wildman–Crippen LogP) is 15.0. The Balaban J connectivity index is 1.65. The minimum absolute atomic E-state index is 0.993. The lowest BCUT2D eigenvalue weighted by Gasteiger charge is -2.08. The van der Waals surface area contributed by atoms with E-state index in [0.717, 1.165) is 49.2 Å². The van der Waals surface area contributed by atoms with Crippen molar-refractivity contribution in [2.75, 3.05) is 0 Å². The first kappa shape index (κ1) is 41.0. The van der Waals surface area contributed by atoms with Crippen LogP contribution in [0, 0.1) is 0 Å². The van der Waals surface area contributed by atoms with Gasteiger partial charge in [0.2, 0.25) is 0 Å². The minimum atomic E-state index is 0.993. The van der Waals surface area contributed by atoms with Gasteiger partial charge in [0.1, 0.15) is 0 Å². The lowest BCUT2D eigenvalue weighted by molar-refractivity contribution is 0.521. The van der Waals surface area contributed by atoms with Crippen LogP contribution >= 0.6 is 0 Å². The van der Waals surface area contributed by atoms with Gasteiger partial charge >= 0.3 is 0 Å². The van der Waals surface area contributed by atoms with Crippen LogP contribution in [0.2, 0.25) is 0 Å². The minimum Gasteiger partial charge on any atom is -0.255 e. The van der Waals surface area contributed by atoms with E-state index in [2.05, 4.69) is 71.0 Å². The van der Waals surface area contributed by atoms with Gasteiger partial charge in [-0.05, 0) is 85.0 Å². The summed E-state index contributed by atoms with van der Waals surface area (Å²) in [6.45, 7) is 11.3. The lowest BCUT2D eigenvalue weighted by Crippen LogP contribution is -2.00. The van der Waals surface area contributed by atoms with E-state index in [9.17, 15) is 0 Å². The molecule has 2 aromatic rings. The summed E-state index contributed by atoms with van der Waals surface area (Å²) in [4.78, 5) is 10.0. The fourth-order valence-corrected chi connectivity index (χ4v) is 6.92. The highest BCUT2D eigenvalue weighted by atomic mass is 14.8. The molecule has 0 heterocycles. The number of rotatable bonds is 29. The highest BCUT2D eigenvalue weighted by Crippen LogP contribution is 2.23. The number of unbranched alkanes of at least 4 members (excludes halogenated alkanes) is 20. The molecule has 0 radical (unpaired) electrons. The van der Waals surface area contributed by atoms with Gasteiger partial charge in [-0.2, -0.15) is 0 Å². The maximum Gasteiger partial charge on any atom is 0.0636 e. The molecule has 2 aromatic carbocycles. The van der Waals surface area contributed by atoms with Crippen LogP contribution in [0.3, 0.4) is 0 Å². The van der Waals surface area contributed by atoms with Gasteiger partial charge in [-0.25, -0.2) is 0 Å². The Labute approximate surface area is 292 Å². The number of nitrogens with zero attached hydrogens (tertiary/aromatic N) is 2. The molecule has 0 saturated heterocycles. The van der Waals surface area contributed by atoms with E-state index in [1.54, 1.807) is 0 Å². The molecule has 0 spiro atoms. The Kier molecular flexibility index (Phi) is 24.1. The van der Waals surface area contributed by atoms with Crippen molar-refractivity contribution in [2.45, 2.75) is 202 Å². The molecule has 0 aliphatic carbocycles. The molecule has 0 aliphatic heterocycles. The third kappa shape index (κ3) is 18.8. The number of aliphatic imine (C=N–C) groups is 2. The van der Waals surface area contributed by atoms with Crippen molar-refractivity contribution in [2.24, 2.45) is 9.98 Å². The SMILES string of the molecule is CCCCCCCCCCCCCCCCCCCCCCCC(C=Nc1ccc(CC)c(CC)c1)=Nc1ccc(CC)c(CC)c1. The van der Waals surface area contributed by atoms with Crippen LogP contribution in [0.1, 0.15) is 198 Å². The van der Waals surface area contributed by atoms with Crippen LogP contribution in [-0.2, 0) is 25.7 Å². The van der Waals surface area contributed by atoms with Crippen molar-refractivity contribution in [3.8, 4) is 0 Å². The first-order valence-corrected chi connectivity index (χ1v) is 20.5. The maximum absolute atomic E-state index is 5.12. The maximum atomic E-state index is 5.12. The molecule has 0 unspecified atom stereocenters. The molecule has 0 fully saturated rings. The zero-order valence-corrected chi connectivity index (χ0v) is 31.8. The van der Waals surface area contributed by atoms with Crippen LogP contribution in [0.4, 0.5) is 11.4 Å². The Morgan fingerprint density at radius 2 is 0.787 bits per heavy atom. The molecule has 2 nitrogen and oxygen atoms in total. The summed E-state index contributed by atoms with van der Waals surface area (Å²) >= 11 is 0.